The van der Waals surface area contributed by atoms with E-state index in [1.165, 1.54) is 41.1 Å². The molecule has 1 N–H and O–H groups in total. The summed E-state index contributed by atoms with van der Waals surface area (Å²) in [6.07, 6.45) is 4.70. The molecule has 0 spiro atoms. The number of thioether (sulfide) groups is 1. The molecule has 3 aromatic rings. The maximum absolute atomic E-state index is 13.7. The second kappa shape index (κ2) is 8.85. The Morgan fingerprint density at radius 3 is 2.93 bits per heavy atom. The molecule has 5 nitrogen and oxygen atoms in total. The minimum atomic E-state index is -0.804. The Labute approximate surface area is 181 Å². The summed E-state index contributed by atoms with van der Waals surface area (Å²) in [5, 5.41) is 11.6. The van der Waals surface area contributed by atoms with E-state index in [0.29, 0.717) is 5.16 Å². The highest BCUT2D eigenvalue weighted by molar-refractivity contribution is 7.99. The van der Waals surface area contributed by atoms with Crippen LogP contribution in [0.1, 0.15) is 30.2 Å². The van der Waals surface area contributed by atoms with Crippen molar-refractivity contribution in [3.63, 3.8) is 0 Å². The molecule has 1 aliphatic carbocycles. The summed E-state index contributed by atoms with van der Waals surface area (Å²) in [6, 6.07) is 5.27. The lowest BCUT2D eigenvalue weighted by Gasteiger charge is -2.19. The van der Waals surface area contributed by atoms with Crippen molar-refractivity contribution in [3.05, 3.63) is 46.3 Å². The van der Waals surface area contributed by atoms with Crippen molar-refractivity contribution in [2.75, 3.05) is 11.1 Å². The normalized spacial score (nSPS) is 15.8. The quantitative estimate of drug-likeness (QED) is 0.535. The van der Waals surface area contributed by atoms with Crippen LogP contribution in [0.25, 0.3) is 10.7 Å². The fraction of sp³-hybridized carbons (Fsp3) is 0.381. The predicted molar refractivity (Wildman–Crippen MR) is 116 cm³/mol. The van der Waals surface area contributed by atoms with E-state index in [1.54, 1.807) is 11.3 Å². The molecule has 1 aliphatic rings. The van der Waals surface area contributed by atoms with Gasteiger partial charge < -0.3 is 9.88 Å². The number of halogens is 2. The van der Waals surface area contributed by atoms with Crippen molar-refractivity contribution in [2.24, 2.45) is 13.0 Å². The molecule has 0 aliphatic heterocycles. The Balaban J connectivity index is 1.41. The van der Waals surface area contributed by atoms with Gasteiger partial charge in [-0.05, 0) is 48.9 Å². The van der Waals surface area contributed by atoms with Gasteiger partial charge in [-0.25, -0.2) is 8.78 Å². The maximum atomic E-state index is 13.7. The van der Waals surface area contributed by atoms with Crippen LogP contribution < -0.4 is 5.32 Å². The van der Waals surface area contributed by atoms with E-state index >= 15 is 0 Å². The van der Waals surface area contributed by atoms with Crippen LogP contribution in [0.3, 0.4) is 0 Å². The molecule has 0 radical (unpaired) electrons. The van der Waals surface area contributed by atoms with Gasteiger partial charge in [0.15, 0.2) is 11.0 Å². The van der Waals surface area contributed by atoms with Gasteiger partial charge in [0.1, 0.15) is 11.6 Å². The summed E-state index contributed by atoms with van der Waals surface area (Å²) >= 11 is 3.00. The summed E-state index contributed by atoms with van der Waals surface area (Å²) in [4.78, 5) is 14.7. The standard InChI is InChI=1S/C21H22F2N4OS2/c1-3-12-4-7-17-13(8-12)9-18(30-17)20-25-26-21(27(20)2)29-11-19(28)24-16-6-5-14(22)10-15(16)23/h5-6,9-10,12H,3-4,7-8,11H2,1-2H3,(H,24,28). The molecule has 2 aromatic heterocycles. The molecule has 9 heteroatoms. The van der Waals surface area contributed by atoms with E-state index in [1.807, 2.05) is 11.6 Å². The highest BCUT2D eigenvalue weighted by Crippen LogP contribution is 2.38. The zero-order valence-electron chi connectivity index (χ0n) is 16.7. The maximum Gasteiger partial charge on any atom is 0.234 e. The molecular weight excluding hydrogens is 426 g/mol. The molecule has 30 heavy (non-hydrogen) atoms. The molecular formula is C21H22F2N4OS2. The number of carbonyl (C=O) groups is 1. The Morgan fingerprint density at radius 1 is 1.33 bits per heavy atom. The number of rotatable bonds is 6. The third-order valence-corrected chi connectivity index (χ3v) is 7.61. The molecule has 0 fully saturated rings. The van der Waals surface area contributed by atoms with E-state index in [-0.39, 0.29) is 11.4 Å². The summed E-state index contributed by atoms with van der Waals surface area (Å²) < 4.78 is 28.5. The summed E-state index contributed by atoms with van der Waals surface area (Å²) in [7, 11) is 1.88. The highest BCUT2D eigenvalue weighted by atomic mass is 32.2. The number of nitrogens with one attached hydrogen (secondary N) is 1. The first kappa shape index (κ1) is 21.0. The van der Waals surface area contributed by atoms with Gasteiger partial charge in [-0.3, -0.25) is 4.79 Å². The summed E-state index contributed by atoms with van der Waals surface area (Å²) in [6.45, 7) is 2.25. The lowest BCUT2D eigenvalue weighted by molar-refractivity contribution is -0.113. The third-order valence-electron chi connectivity index (χ3n) is 5.36. The van der Waals surface area contributed by atoms with Gasteiger partial charge >= 0.3 is 0 Å². The average molecular weight is 449 g/mol. The zero-order chi connectivity index (χ0) is 21.3. The number of carbonyl (C=O) groups excluding carboxylic acids is 1. The predicted octanol–water partition coefficient (Wildman–Crippen LogP) is 5.07. The number of nitrogens with zero attached hydrogens (tertiary/aromatic N) is 3. The monoisotopic (exact) mass is 448 g/mol. The fourth-order valence-corrected chi connectivity index (χ4v) is 5.56. The number of amides is 1. The number of hydrogen-bond donors (Lipinski definition) is 1. The van der Waals surface area contributed by atoms with Crippen molar-refractivity contribution in [3.8, 4) is 10.7 Å². The van der Waals surface area contributed by atoms with Gasteiger partial charge in [-0.15, -0.1) is 21.5 Å². The molecule has 0 bridgehead atoms. The van der Waals surface area contributed by atoms with E-state index in [2.05, 4.69) is 28.5 Å². The molecule has 1 unspecified atom stereocenters. The SMILES string of the molecule is CCC1CCc2sc(-c3nnc(SCC(=O)Nc4ccc(F)cc4F)n3C)cc2C1. The van der Waals surface area contributed by atoms with Crippen molar-refractivity contribution in [1.29, 1.82) is 0 Å². The van der Waals surface area contributed by atoms with Gasteiger partial charge in [0.25, 0.3) is 0 Å². The Kier molecular flexibility index (Phi) is 6.19. The van der Waals surface area contributed by atoms with Crippen LogP contribution in [-0.2, 0) is 24.7 Å². The van der Waals surface area contributed by atoms with E-state index in [9.17, 15) is 13.6 Å². The number of hydrogen-bond acceptors (Lipinski definition) is 5. The molecule has 1 amide bonds. The van der Waals surface area contributed by atoms with Crippen LogP contribution in [0, 0.1) is 17.6 Å². The van der Waals surface area contributed by atoms with Crippen LogP contribution in [0.2, 0.25) is 0 Å². The second-order valence-corrected chi connectivity index (χ2v) is 9.48. The van der Waals surface area contributed by atoms with Crippen molar-refractivity contribution >= 4 is 34.7 Å². The smallest absolute Gasteiger partial charge is 0.234 e. The van der Waals surface area contributed by atoms with Gasteiger partial charge in [0.2, 0.25) is 5.91 Å². The minimum absolute atomic E-state index is 0.0436. The number of aryl methyl sites for hydroxylation is 1. The van der Waals surface area contributed by atoms with Gasteiger partial charge in [0, 0.05) is 18.0 Å². The molecule has 1 atom stereocenters. The minimum Gasteiger partial charge on any atom is -0.323 e. The van der Waals surface area contributed by atoms with Gasteiger partial charge in [-0.1, -0.05) is 25.1 Å². The number of anilines is 1. The number of benzene rings is 1. The average Bonchev–Trinajstić information content (AvgIpc) is 3.30. The molecule has 0 saturated carbocycles. The lowest BCUT2D eigenvalue weighted by Crippen LogP contribution is -2.15. The van der Waals surface area contributed by atoms with Crippen molar-refractivity contribution in [1.82, 2.24) is 14.8 Å². The topological polar surface area (TPSA) is 59.8 Å². The van der Waals surface area contributed by atoms with E-state index < -0.39 is 17.5 Å². The highest BCUT2D eigenvalue weighted by Gasteiger charge is 2.22. The van der Waals surface area contributed by atoms with Crippen LogP contribution in [0.5, 0.6) is 0 Å². The Hall–Kier alpha value is -2.26. The van der Waals surface area contributed by atoms with E-state index in [0.717, 1.165) is 41.6 Å². The zero-order valence-corrected chi connectivity index (χ0v) is 18.4. The van der Waals surface area contributed by atoms with Gasteiger partial charge in [-0.2, -0.15) is 0 Å². The largest absolute Gasteiger partial charge is 0.323 e. The fourth-order valence-electron chi connectivity index (χ4n) is 3.62. The van der Waals surface area contributed by atoms with Crippen LogP contribution in [0.15, 0.2) is 29.4 Å². The number of thiophene rings is 1. The Bertz CT molecular complexity index is 1080. The van der Waals surface area contributed by atoms with E-state index in [4.69, 9.17) is 0 Å². The molecule has 0 saturated heterocycles. The first-order valence-corrected chi connectivity index (χ1v) is 11.6. The lowest BCUT2D eigenvalue weighted by atomic mass is 9.87. The second-order valence-electron chi connectivity index (χ2n) is 7.40. The first-order chi connectivity index (χ1) is 14.4. The molecule has 158 valence electrons. The molecule has 2 heterocycles. The van der Waals surface area contributed by atoms with Crippen LogP contribution in [-0.4, -0.2) is 26.4 Å². The van der Waals surface area contributed by atoms with Crippen LogP contribution in [0.4, 0.5) is 14.5 Å². The van der Waals surface area contributed by atoms with Crippen molar-refractivity contribution < 1.29 is 13.6 Å². The van der Waals surface area contributed by atoms with Crippen LogP contribution >= 0.6 is 23.1 Å². The number of aromatic nitrogens is 3. The molecule has 1 aromatic carbocycles. The summed E-state index contributed by atoms with van der Waals surface area (Å²) in [5.41, 5.74) is 1.38. The first-order valence-electron chi connectivity index (χ1n) is 9.83. The third kappa shape index (κ3) is 4.41. The van der Waals surface area contributed by atoms with Gasteiger partial charge in [0.05, 0.1) is 16.3 Å². The molecule has 4 rings (SSSR count). The van der Waals surface area contributed by atoms with Crippen molar-refractivity contribution in [2.45, 2.75) is 37.8 Å². The number of fused-ring (bicyclic) bond motifs is 1. The summed E-state index contributed by atoms with van der Waals surface area (Å²) in [5.74, 6) is -0.299. The Morgan fingerprint density at radius 2 is 2.17 bits per heavy atom.